The average Bonchev–Trinajstić information content (AvgIpc) is 3.10. The van der Waals surface area contributed by atoms with Gasteiger partial charge in [-0.05, 0) is 31.0 Å². The van der Waals surface area contributed by atoms with Gasteiger partial charge in [0.25, 0.3) is 5.69 Å². The van der Waals surface area contributed by atoms with Gasteiger partial charge in [-0.3, -0.25) is 15.1 Å². The van der Waals surface area contributed by atoms with E-state index in [4.69, 9.17) is 0 Å². The van der Waals surface area contributed by atoms with Crippen molar-refractivity contribution in [3.05, 3.63) is 64.5 Å². The zero-order chi connectivity index (χ0) is 22.2. The highest BCUT2D eigenvalue weighted by Crippen LogP contribution is 2.22. The second kappa shape index (κ2) is 10.2. The zero-order valence-electron chi connectivity index (χ0n) is 17.4. The smallest absolute Gasteiger partial charge is 0.269 e. The largest absolute Gasteiger partial charge is 0.341 e. The van der Waals surface area contributed by atoms with Crippen molar-refractivity contribution < 1.29 is 4.92 Å². The van der Waals surface area contributed by atoms with Gasteiger partial charge >= 0.3 is 0 Å². The molecule has 3 aromatic rings. The van der Waals surface area contributed by atoms with E-state index in [1.807, 2.05) is 12.1 Å². The van der Waals surface area contributed by atoms with E-state index in [0.29, 0.717) is 23.5 Å². The van der Waals surface area contributed by atoms with Gasteiger partial charge in [0, 0.05) is 48.9 Å². The monoisotopic (exact) mass is 433 g/mol. The first-order chi connectivity index (χ1) is 15.7. The van der Waals surface area contributed by atoms with E-state index < -0.39 is 4.92 Å². The number of hydrogen-bond donors (Lipinski definition) is 2. The van der Waals surface area contributed by atoms with Gasteiger partial charge in [-0.25, -0.2) is 5.43 Å². The molecule has 11 heteroatoms. The van der Waals surface area contributed by atoms with Crippen LogP contribution in [0.25, 0.3) is 0 Å². The van der Waals surface area contributed by atoms with Gasteiger partial charge in [0.1, 0.15) is 0 Å². The number of benzene rings is 1. The Morgan fingerprint density at radius 2 is 1.75 bits per heavy atom. The number of pyridine rings is 1. The Labute approximate surface area is 184 Å². The van der Waals surface area contributed by atoms with Crippen LogP contribution >= 0.6 is 0 Å². The number of anilines is 4. The van der Waals surface area contributed by atoms with E-state index in [1.165, 1.54) is 25.0 Å². The summed E-state index contributed by atoms with van der Waals surface area (Å²) in [4.78, 5) is 30.2. The van der Waals surface area contributed by atoms with Crippen LogP contribution in [0.5, 0.6) is 0 Å². The molecule has 1 fully saturated rings. The lowest BCUT2D eigenvalue weighted by Crippen LogP contribution is -2.26. The Kier molecular flexibility index (Phi) is 6.75. The van der Waals surface area contributed by atoms with Gasteiger partial charge < -0.3 is 10.2 Å². The predicted octanol–water partition coefficient (Wildman–Crippen LogP) is 3.74. The minimum absolute atomic E-state index is 0.0172. The summed E-state index contributed by atoms with van der Waals surface area (Å²) in [5.41, 5.74) is 4.35. The number of nitro benzene ring substituents is 1. The van der Waals surface area contributed by atoms with E-state index in [-0.39, 0.29) is 5.69 Å². The van der Waals surface area contributed by atoms with Crippen LogP contribution in [0.2, 0.25) is 0 Å². The summed E-state index contributed by atoms with van der Waals surface area (Å²) in [6, 6.07) is 9.79. The molecule has 1 aliphatic rings. The maximum Gasteiger partial charge on any atom is 0.269 e. The third-order valence-corrected chi connectivity index (χ3v) is 4.91. The van der Waals surface area contributed by atoms with Crippen molar-refractivity contribution in [2.24, 2.45) is 5.10 Å². The molecule has 11 nitrogen and oxygen atoms in total. The Morgan fingerprint density at radius 1 is 1.00 bits per heavy atom. The number of hydrazone groups is 1. The molecule has 2 N–H and O–H groups in total. The molecule has 0 amide bonds. The molecule has 1 aliphatic heterocycles. The van der Waals surface area contributed by atoms with Crippen LogP contribution in [-0.2, 0) is 0 Å². The van der Waals surface area contributed by atoms with Crippen molar-refractivity contribution in [1.29, 1.82) is 0 Å². The van der Waals surface area contributed by atoms with Gasteiger partial charge in [-0.1, -0.05) is 18.9 Å². The van der Waals surface area contributed by atoms with Gasteiger partial charge in [0.2, 0.25) is 17.8 Å². The molecule has 3 heterocycles. The number of non-ortho nitro benzene ring substituents is 1. The van der Waals surface area contributed by atoms with Crippen molar-refractivity contribution in [1.82, 2.24) is 19.9 Å². The fraction of sp³-hybridized carbons (Fsp3) is 0.286. The SMILES string of the molecule is O=[N+]([O-])c1ccc(Nc2nc(N/N=C/c3cccnc3)nc(N3CCCCCC3)n2)cc1. The van der Waals surface area contributed by atoms with Crippen LogP contribution in [-0.4, -0.2) is 44.2 Å². The second-order valence-corrected chi connectivity index (χ2v) is 7.27. The van der Waals surface area contributed by atoms with E-state index >= 15 is 0 Å². The molecule has 0 spiro atoms. The molecule has 0 unspecified atom stereocenters. The molecule has 0 saturated carbocycles. The van der Waals surface area contributed by atoms with Crippen molar-refractivity contribution in [2.45, 2.75) is 25.7 Å². The van der Waals surface area contributed by atoms with Crippen LogP contribution in [0.3, 0.4) is 0 Å². The minimum atomic E-state index is -0.438. The molecular weight excluding hydrogens is 410 g/mol. The number of rotatable bonds is 7. The van der Waals surface area contributed by atoms with E-state index in [1.54, 1.807) is 30.7 Å². The van der Waals surface area contributed by atoms with Crippen LogP contribution in [0.4, 0.5) is 29.2 Å². The topological polar surface area (TPSA) is 134 Å². The summed E-state index contributed by atoms with van der Waals surface area (Å²) in [5.74, 6) is 1.18. The molecule has 0 radical (unpaired) electrons. The zero-order valence-corrected chi connectivity index (χ0v) is 17.4. The summed E-state index contributed by atoms with van der Waals surface area (Å²) >= 11 is 0. The maximum atomic E-state index is 10.9. The normalized spacial score (nSPS) is 14.2. The Bertz CT molecular complexity index is 1070. The molecule has 4 rings (SSSR count). The lowest BCUT2D eigenvalue weighted by molar-refractivity contribution is -0.384. The van der Waals surface area contributed by atoms with Crippen LogP contribution in [0, 0.1) is 10.1 Å². The number of aromatic nitrogens is 4. The van der Waals surface area contributed by atoms with Crippen LogP contribution in [0.1, 0.15) is 31.2 Å². The first-order valence-corrected chi connectivity index (χ1v) is 10.4. The lowest BCUT2D eigenvalue weighted by atomic mass is 10.2. The first kappa shape index (κ1) is 21.1. The van der Waals surface area contributed by atoms with Gasteiger partial charge in [-0.15, -0.1) is 0 Å². The Balaban J connectivity index is 1.57. The minimum Gasteiger partial charge on any atom is -0.341 e. The summed E-state index contributed by atoms with van der Waals surface area (Å²) in [6.45, 7) is 1.75. The van der Waals surface area contributed by atoms with Crippen molar-refractivity contribution in [2.75, 3.05) is 28.7 Å². The Morgan fingerprint density at radius 3 is 2.44 bits per heavy atom. The highest BCUT2D eigenvalue weighted by Gasteiger charge is 2.16. The Hall–Kier alpha value is -4.15. The van der Waals surface area contributed by atoms with E-state index in [0.717, 1.165) is 31.5 Å². The highest BCUT2D eigenvalue weighted by molar-refractivity contribution is 5.79. The first-order valence-electron chi connectivity index (χ1n) is 10.4. The van der Waals surface area contributed by atoms with Crippen molar-refractivity contribution in [3.63, 3.8) is 0 Å². The molecule has 1 aromatic carbocycles. The summed E-state index contributed by atoms with van der Waals surface area (Å²) in [6.07, 6.45) is 9.57. The summed E-state index contributed by atoms with van der Waals surface area (Å²) in [5, 5.41) is 18.2. The van der Waals surface area contributed by atoms with E-state index in [9.17, 15) is 10.1 Å². The van der Waals surface area contributed by atoms with Crippen molar-refractivity contribution >= 4 is 35.4 Å². The fourth-order valence-electron chi connectivity index (χ4n) is 3.30. The van der Waals surface area contributed by atoms with Gasteiger partial charge in [0.05, 0.1) is 11.1 Å². The predicted molar refractivity (Wildman–Crippen MR) is 122 cm³/mol. The number of nitro groups is 1. The molecule has 2 aromatic heterocycles. The lowest BCUT2D eigenvalue weighted by Gasteiger charge is -2.21. The molecule has 0 aliphatic carbocycles. The molecule has 32 heavy (non-hydrogen) atoms. The quantitative estimate of drug-likeness (QED) is 0.324. The third kappa shape index (κ3) is 5.72. The second-order valence-electron chi connectivity index (χ2n) is 7.27. The fourth-order valence-corrected chi connectivity index (χ4v) is 3.30. The highest BCUT2D eigenvalue weighted by atomic mass is 16.6. The molecule has 164 valence electrons. The van der Waals surface area contributed by atoms with Crippen LogP contribution < -0.4 is 15.6 Å². The molecule has 0 atom stereocenters. The van der Waals surface area contributed by atoms with Gasteiger partial charge in [0.15, 0.2) is 0 Å². The van der Waals surface area contributed by atoms with Gasteiger partial charge in [-0.2, -0.15) is 20.1 Å². The summed E-state index contributed by atoms with van der Waals surface area (Å²) < 4.78 is 0. The maximum absolute atomic E-state index is 10.9. The summed E-state index contributed by atoms with van der Waals surface area (Å²) in [7, 11) is 0. The average molecular weight is 433 g/mol. The molecule has 0 bridgehead atoms. The molecule has 1 saturated heterocycles. The molecular formula is C21H23N9O2. The standard InChI is InChI=1S/C21H23N9O2/c31-30(32)18-9-7-17(8-10-18)24-19-25-20(28-23-15-16-6-5-11-22-14-16)27-21(26-19)29-12-3-1-2-4-13-29/h5-11,14-15H,1-4,12-13H2,(H2,24,25,26,27,28)/b23-15+. The number of nitrogens with one attached hydrogen (secondary N) is 2. The number of hydrogen-bond acceptors (Lipinski definition) is 10. The third-order valence-electron chi connectivity index (χ3n) is 4.91. The number of nitrogens with zero attached hydrogens (tertiary/aromatic N) is 7. The van der Waals surface area contributed by atoms with Crippen LogP contribution in [0.15, 0.2) is 53.9 Å². The van der Waals surface area contributed by atoms with Crippen molar-refractivity contribution in [3.8, 4) is 0 Å². The van der Waals surface area contributed by atoms with E-state index in [2.05, 4.69) is 40.7 Å².